The van der Waals surface area contributed by atoms with Crippen molar-refractivity contribution in [3.8, 4) is 5.75 Å². The van der Waals surface area contributed by atoms with Crippen molar-refractivity contribution in [1.29, 1.82) is 0 Å². The van der Waals surface area contributed by atoms with E-state index in [0.717, 1.165) is 6.54 Å². The molecule has 128 valence electrons. The van der Waals surface area contributed by atoms with Crippen LogP contribution in [0.5, 0.6) is 5.75 Å². The maximum absolute atomic E-state index is 11.6. The van der Waals surface area contributed by atoms with Crippen molar-refractivity contribution >= 4 is 11.9 Å². The number of carboxylic acids is 1. The molecule has 1 atom stereocenters. The van der Waals surface area contributed by atoms with E-state index >= 15 is 0 Å². The fourth-order valence-electron chi connectivity index (χ4n) is 2.43. The molecule has 0 heterocycles. The molecule has 0 aromatic heterocycles. The summed E-state index contributed by atoms with van der Waals surface area (Å²) in [5.74, 6) is -1.85. The number of carbonyl (C=O) groups is 2. The van der Waals surface area contributed by atoms with Gasteiger partial charge in [0.25, 0.3) is 5.91 Å². The molecule has 1 amide bonds. The molecular formula is C16H25N3O4. The Morgan fingerprint density at radius 2 is 1.83 bits per heavy atom. The topological polar surface area (TPSA) is 107 Å². The van der Waals surface area contributed by atoms with Crippen molar-refractivity contribution in [1.82, 2.24) is 9.80 Å². The zero-order chi connectivity index (χ0) is 17.7. The van der Waals surface area contributed by atoms with Crippen LogP contribution in [0.3, 0.4) is 0 Å². The summed E-state index contributed by atoms with van der Waals surface area (Å²) in [5, 5.41) is 19.2. The highest BCUT2D eigenvalue weighted by molar-refractivity contribution is 5.97. The van der Waals surface area contributed by atoms with Crippen LogP contribution in [-0.2, 0) is 11.2 Å². The van der Waals surface area contributed by atoms with Crippen LogP contribution < -0.4 is 5.73 Å². The Morgan fingerprint density at radius 3 is 2.30 bits per heavy atom. The van der Waals surface area contributed by atoms with Crippen LogP contribution in [0, 0.1) is 6.92 Å². The van der Waals surface area contributed by atoms with Gasteiger partial charge < -0.3 is 20.8 Å². The zero-order valence-corrected chi connectivity index (χ0v) is 14.0. The van der Waals surface area contributed by atoms with Crippen LogP contribution >= 0.6 is 0 Å². The molecule has 4 N–H and O–H groups in total. The van der Waals surface area contributed by atoms with Gasteiger partial charge in [0.15, 0.2) is 0 Å². The van der Waals surface area contributed by atoms with Crippen molar-refractivity contribution in [2.45, 2.75) is 19.4 Å². The fraction of sp³-hybridized carbons (Fsp3) is 0.500. The summed E-state index contributed by atoms with van der Waals surface area (Å²) in [5.41, 5.74) is 6.53. The lowest BCUT2D eigenvalue weighted by atomic mass is 9.95. The van der Waals surface area contributed by atoms with Crippen LogP contribution in [0.1, 0.15) is 21.5 Å². The van der Waals surface area contributed by atoms with E-state index in [1.54, 1.807) is 24.9 Å². The van der Waals surface area contributed by atoms with Crippen LogP contribution in [0.25, 0.3) is 0 Å². The maximum atomic E-state index is 11.6. The Hall–Kier alpha value is -2.12. The number of likely N-dealkylation sites (N-methyl/N-ethyl adjacent to an activating group) is 2. The van der Waals surface area contributed by atoms with E-state index in [1.165, 1.54) is 6.07 Å². The molecule has 7 nitrogen and oxygen atoms in total. The number of hydrogen-bond donors (Lipinski definition) is 3. The molecule has 0 aliphatic rings. The molecule has 1 aromatic rings. The first-order valence-electron chi connectivity index (χ1n) is 7.34. The Labute approximate surface area is 136 Å². The van der Waals surface area contributed by atoms with E-state index in [-0.39, 0.29) is 17.7 Å². The Bertz CT molecular complexity index is 587. The van der Waals surface area contributed by atoms with Gasteiger partial charge in [-0.1, -0.05) is 6.07 Å². The summed E-state index contributed by atoms with van der Waals surface area (Å²) < 4.78 is 0. The first-order chi connectivity index (χ1) is 10.6. The molecule has 1 aromatic carbocycles. The van der Waals surface area contributed by atoms with Gasteiger partial charge in [-0.25, -0.2) is 0 Å². The van der Waals surface area contributed by atoms with Gasteiger partial charge in [0.2, 0.25) is 0 Å². The molecule has 1 rings (SSSR count). The van der Waals surface area contributed by atoms with Crippen molar-refractivity contribution in [2.75, 3.05) is 34.2 Å². The van der Waals surface area contributed by atoms with Crippen LogP contribution in [0.15, 0.2) is 12.1 Å². The number of carbonyl (C=O) groups excluding carboxylic acids is 1. The number of rotatable bonds is 8. The Balaban J connectivity index is 3.04. The standard InChI is InChI=1S/C16H25N3O4/c1-10-11(5-6-13(20)14(10)15(17)21)9-12(16(22)23)19(4)8-7-18(2)3/h5-6,12,20H,7-9H2,1-4H3,(H2,17,21)(H,22,23). The van der Waals surface area contributed by atoms with Gasteiger partial charge in [0, 0.05) is 13.1 Å². The minimum atomic E-state index is -0.931. The smallest absolute Gasteiger partial charge is 0.321 e. The molecular weight excluding hydrogens is 298 g/mol. The number of primary amides is 1. The maximum Gasteiger partial charge on any atom is 0.321 e. The lowest BCUT2D eigenvalue weighted by Gasteiger charge is -2.26. The van der Waals surface area contributed by atoms with Crippen molar-refractivity contribution in [2.24, 2.45) is 5.73 Å². The predicted octanol–water partition coefficient (Wildman–Crippen LogP) is 0.289. The van der Waals surface area contributed by atoms with Crippen molar-refractivity contribution in [3.63, 3.8) is 0 Å². The normalized spacial score (nSPS) is 12.6. The van der Waals surface area contributed by atoms with Gasteiger partial charge >= 0.3 is 5.97 Å². The second-order valence-corrected chi connectivity index (χ2v) is 5.95. The average molecular weight is 323 g/mol. The number of benzene rings is 1. The summed E-state index contributed by atoms with van der Waals surface area (Å²) in [6.45, 7) is 3.00. The molecule has 0 spiro atoms. The number of hydrogen-bond acceptors (Lipinski definition) is 5. The third kappa shape index (κ3) is 4.94. The summed E-state index contributed by atoms with van der Waals surface area (Å²) in [6.07, 6.45) is 0.228. The predicted molar refractivity (Wildman–Crippen MR) is 87.7 cm³/mol. The quantitative estimate of drug-likeness (QED) is 0.635. The van der Waals surface area contributed by atoms with E-state index in [0.29, 0.717) is 17.7 Å². The second kappa shape index (κ2) is 7.94. The Kier molecular flexibility index (Phi) is 6.53. The highest BCUT2D eigenvalue weighted by Gasteiger charge is 2.25. The van der Waals surface area contributed by atoms with E-state index in [2.05, 4.69) is 0 Å². The van der Waals surface area contributed by atoms with E-state index in [4.69, 9.17) is 5.73 Å². The molecule has 23 heavy (non-hydrogen) atoms. The van der Waals surface area contributed by atoms with Crippen LogP contribution in [0.2, 0.25) is 0 Å². The molecule has 0 bridgehead atoms. The van der Waals surface area contributed by atoms with Crippen molar-refractivity contribution in [3.05, 3.63) is 28.8 Å². The molecule has 0 fully saturated rings. The van der Waals surface area contributed by atoms with Crippen LogP contribution in [0.4, 0.5) is 0 Å². The van der Waals surface area contributed by atoms with E-state index in [1.807, 2.05) is 19.0 Å². The summed E-state index contributed by atoms with van der Waals surface area (Å²) in [6, 6.07) is 2.28. The minimum absolute atomic E-state index is 0.0441. The SMILES string of the molecule is Cc1c(CC(C(=O)O)N(C)CCN(C)C)ccc(O)c1C(N)=O. The monoisotopic (exact) mass is 323 g/mol. The van der Waals surface area contributed by atoms with E-state index < -0.39 is 17.9 Å². The summed E-state index contributed by atoms with van der Waals surface area (Å²) >= 11 is 0. The zero-order valence-electron chi connectivity index (χ0n) is 14.0. The number of carboxylic acid groups (broad SMARTS) is 1. The summed E-state index contributed by atoms with van der Waals surface area (Å²) in [7, 11) is 5.60. The summed E-state index contributed by atoms with van der Waals surface area (Å²) in [4.78, 5) is 26.8. The molecule has 0 saturated carbocycles. The van der Waals surface area contributed by atoms with Gasteiger partial charge in [0.1, 0.15) is 11.8 Å². The van der Waals surface area contributed by atoms with Crippen molar-refractivity contribution < 1.29 is 19.8 Å². The van der Waals surface area contributed by atoms with Gasteiger partial charge in [-0.2, -0.15) is 0 Å². The number of phenols is 1. The largest absolute Gasteiger partial charge is 0.507 e. The van der Waals surface area contributed by atoms with E-state index in [9.17, 15) is 19.8 Å². The number of aromatic hydroxyl groups is 1. The molecule has 1 unspecified atom stereocenters. The number of nitrogens with zero attached hydrogens (tertiary/aromatic N) is 2. The third-order valence-electron chi connectivity index (χ3n) is 3.93. The highest BCUT2D eigenvalue weighted by atomic mass is 16.4. The molecule has 7 heteroatoms. The Morgan fingerprint density at radius 1 is 1.22 bits per heavy atom. The molecule has 0 aliphatic carbocycles. The molecule has 0 saturated heterocycles. The number of amides is 1. The van der Waals surface area contributed by atoms with Crippen LogP contribution in [-0.4, -0.2) is 72.2 Å². The number of nitrogens with two attached hydrogens (primary N) is 1. The average Bonchev–Trinajstić information content (AvgIpc) is 2.43. The minimum Gasteiger partial charge on any atom is -0.507 e. The molecule has 0 radical (unpaired) electrons. The van der Waals surface area contributed by atoms with Gasteiger partial charge in [-0.3, -0.25) is 14.5 Å². The first kappa shape index (κ1) is 18.9. The van der Waals surface area contributed by atoms with Gasteiger partial charge in [0.05, 0.1) is 5.56 Å². The second-order valence-electron chi connectivity index (χ2n) is 5.95. The van der Waals surface area contributed by atoms with Gasteiger partial charge in [-0.15, -0.1) is 0 Å². The third-order valence-corrected chi connectivity index (χ3v) is 3.93. The lowest BCUT2D eigenvalue weighted by Crippen LogP contribution is -2.43. The highest BCUT2D eigenvalue weighted by Crippen LogP contribution is 2.25. The fourth-order valence-corrected chi connectivity index (χ4v) is 2.43. The lowest BCUT2D eigenvalue weighted by molar-refractivity contribution is -0.142. The first-order valence-corrected chi connectivity index (χ1v) is 7.34. The molecule has 0 aliphatic heterocycles. The number of aliphatic carboxylic acids is 1. The van der Waals surface area contributed by atoms with Gasteiger partial charge in [-0.05, 0) is 51.7 Å².